The van der Waals surface area contributed by atoms with E-state index in [9.17, 15) is 4.39 Å². The van der Waals surface area contributed by atoms with Crippen LogP contribution in [0.1, 0.15) is 11.5 Å². The van der Waals surface area contributed by atoms with Gasteiger partial charge in [-0.05, 0) is 19.1 Å². The van der Waals surface area contributed by atoms with Crippen molar-refractivity contribution >= 4 is 0 Å². The van der Waals surface area contributed by atoms with Crippen molar-refractivity contribution < 1.29 is 13.5 Å². The lowest BCUT2D eigenvalue weighted by Crippen LogP contribution is -2.48. The van der Waals surface area contributed by atoms with Gasteiger partial charge in [-0.1, -0.05) is 0 Å². The second-order valence-corrected chi connectivity index (χ2v) is 3.32. The fourth-order valence-corrected chi connectivity index (χ4v) is 1.35. The van der Waals surface area contributed by atoms with Crippen LogP contribution >= 0.6 is 0 Å². The molecule has 1 aromatic rings. The summed E-state index contributed by atoms with van der Waals surface area (Å²) in [6.07, 6.45) is 0. The molecule has 66 valence electrons. The Labute approximate surface area is 70.3 Å². The fourth-order valence-electron chi connectivity index (χ4n) is 1.35. The Morgan fingerprint density at radius 2 is 2.25 bits per heavy atom. The number of furan rings is 1. The lowest BCUT2D eigenvalue weighted by Gasteiger charge is -2.37. The van der Waals surface area contributed by atoms with Gasteiger partial charge in [-0.15, -0.1) is 0 Å². The summed E-state index contributed by atoms with van der Waals surface area (Å²) in [5.41, 5.74) is -0.478. The molecule has 1 saturated heterocycles. The van der Waals surface area contributed by atoms with Crippen LogP contribution in [0.2, 0.25) is 0 Å². The molecule has 1 aliphatic rings. The standard InChI is InChI=1S/C9H11FO2/c1-7-2-3-8(12-7)9(4-10)5-11-6-9/h2-3H,4-6H2,1H3. The zero-order valence-corrected chi connectivity index (χ0v) is 6.97. The molecule has 0 unspecified atom stereocenters. The van der Waals surface area contributed by atoms with Gasteiger partial charge in [0.1, 0.15) is 23.6 Å². The lowest BCUT2D eigenvalue weighted by molar-refractivity contribution is -0.0805. The minimum Gasteiger partial charge on any atom is -0.466 e. The molecule has 0 aliphatic carbocycles. The number of halogens is 1. The zero-order chi connectivity index (χ0) is 8.60. The summed E-state index contributed by atoms with van der Waals surface area (Å²) in [6, 6.07) is 3.68. The third-order valence-electron chi connectivity index (χ3n) is 2.28. The maximum absolute atomic E-state index is 12.6. The second-order valence-electron chi connectivity index (χ2n) is 3.32. The van der Waals surface area contributed by atoms with Crippen LogP contribution in [0.3, 0.4) is 0 Å². The molecule has 2 nitrogen and oxygen atoms in total. The van der Waals surface area contributed by atoms with E-state index in [4.69, 9.17) is 9.15 Å². The van der Waals surface area contributed by atoms with Crippen molar-refractivity contribution in [2.24, 2.45) is 0 Å². The predicted molar refractivity (Wildman–Crippen MR) is 41.9 cm³/mol. The molecular weight excluding hydrogens is 159 g/mol. The lowest BCUT2D eigenvalue weighted by atomic mass is 9.85. The van der Waals surface area contributed by atoms with E-state index in [1.165, 1.54) is 0 Å². The molecule has 3 heteroatoms. The van der Waals surface area contributed by atoms with Crippen molar-refractivity contribution in [2.45, 2.75) is 12.3 Å². The molecule has 0 atom stereocenters. The van der Waals surface area contributed by atoms with Gasteiger partial charge in [0.15, 0.2) is 0 Å². The van der Waals surface area contributed by atoms with E-state index in [1.807, 2.05) is 19.1 Å². The summed E-state index contributed by atoms with van der Waals surface area (Å²) in [5, 5.41) is 0. The first-order valence-corrected chi connectivity index (χ1v) is 3.97. The van der Waals surface area contributed by atoms with Crippen LogP contribution in [0.25, 0.3) is 0 Å². The highest BCUT2D eigenvalue weighted by Crippen LogP contribution is 2.33. The number of rotatable bonds is 2. The second kappa shape index (κ2) is 2.59. The number of aryl methyl sites for hydroxylation is 1. The highest BCUT2D eigenvalue weighted by Gasteiger charge is 2.43. The van der Waals surface area contributed by atoms with E-state index < -0.39 is 12.1 Å². The van der Waals surface area contributed by atoms with Crippen molar-refractivity contribution in [1.82, 2.24) is 0 Å². The molecule has 0 aromatic carbocycles. The first kappa shape index (κ1) is 7.80. The molecular formula is C9H11FO2. The van der Waals surface area contributed by atoms with Crippen LogP contribution in [0.15, 0.2) is 16.5 Å². The minimum absolute atomic E-state index is 0.403. The number of ether oxygens (including phenoxy) is 1. The van der Waals surface area contributed by atoms with Gasteiger partial charge in [-0.2, -0.15) is 0 Å². The van der Waals surface area contributed by atoms with E-state index in [0.29, 0.717) is 19.0 Å². The van der Waals surface area contributed by atoms with E-state index in [-0.39, 0.29) is 0 Å². The first-order chi connectivity index (χ1) is 5.77. The molecule has 0 amide bonds. The molecule has 12 heavy (non-hydrogen) atoms. The Balaban J connectivity index is 2.27. The maximum Gasteiger partial charge on any atom is 0.117 e. The number of hydrogen-bond acceptors (Lipinski definition) is 2. The third kappa shape index (κ3) is 0.966. The van der Waals surface area contributed by atoms with E-state index in [0.717, 1.165) is 5.76 Å². The molecule has 0 spiro atoms. The largest absolute Gasteiger partial charge is 0.466 e. The van der Waals surface area contributed by atoms with E-state index in [2.05, 4.69) is 0 Å². The highest BCUT2D eigenvalue weighted by atomic mass is 19.1. The smallest absolute Gasteiger partial charge is 0.117 e. The molecule has 0 N–H and O–H groups in total. The van der Waals surface area contributed by atoms with Gasteiger partial charge in [0, 0.05) is 0 Å². The molecule has 0 bridgehead atoms. The van der Waals surface area contributed by atoms with Crippen LogP contribution in [0, 0.1) is 6.92 Å². The van der Waals surface area contributed by atoms with Gasteiger partial charge in [-0.3, -0.25) is 0 Å². The molecule has 1 aromatic heterocycles. The summed E-state index contributed by atoms with van der Waals surface area (Å²) in [6.45, 7) is 2.34. The van der Waals surface area contributed by atoms with Gasteiger partial charge in [0.2, 0.25) is 0 Å². The van der Waals surface area contributed by atoms with Crippen molar-refractivity contribution in [1.29, 1.82) is 0 Å². The summed E-state index contributed by atoms with van der Waals surface area (Å²) >= 11 is 0. The summed E-state index contributed by atoms with van der Waals surface area (Å²) in [5.74, 6) is 1.54. The first-order valence-electron chi connectivity index (χ1n) is 3.97. The maximum atomic E-state index is 12.6. The fraction of sp³-hybridized carbons (Fsp3) is 0.556. The average molecular weight is 170 g/mol. The molecule has 1 fully saturated rings. The molecule has 1 aliphatic heterocycles. The van der Waals surface area contributed by atoms with Crippen LogP contribution in [0.5, 0.6) is 0 Å². The molecule has 0 radical (unpaired) electrons. The Kier molecular flexibility index (Phi) is 1.68. The Bertz CT molecular complexity index is 270. The van der Waals surface area contributed by atoms with E-state index in [1.54, 1.807) is 0 Å². The Morgan fingerprint density at radius 3 is 2.58 bits per heavy atom. The van der Waals surface area contributed by atoms with Gasteiger partial charge in [-0.25, -0.2) is 4.39 Å². The summed E-state index contributed by atoms with van der Waals surface area (Å²) < 4.78 is 23.0. The zero-order valence-electron chi connectivity index (χ0n) is 6.97. The monoisotopic (exact) mass is 170 g/mol. The van der Waals surface area contributed by atoms with Gasteiger partial charge < -0.3 is 9.15 Å². The Hall–Kier alpha value is -0.830. The van der Waals surface area contributed by atoms with Gasteiger partial charge >= 0.3 is 0 Å². The van der Waals surface area contributed by atoms with Crippen molar-refractivity contribution in [3.05, 3.63) is 23.7 Å². The normalized spacial score (nSPS) is 20.5. The molecule has 2 heterocycles. The number of alkyl halides is 1. The van der Waals surface area contributed by atoms with Crippen LogP contribution in [-0.4, -0.2) is 19.9 Å². The summed E-state index contributed by atoms with van der Waals surface area (Å²) in [7, 11) is 0. The average Bonchev–Trinajstić information content (AvgIpc) is 2.35. The van der Waals surface area contributed by atoms with Gasteiger partial charge in [0.25, 0.3) is 0 Å². The van der Waals surface area contributed by atoms with Crippen LogP contribution < -0.4 is 0 Å². The van der Waals surface area contributed by atoms with Crippen LogP contribution in [0.4, 0.5) is 4.39 Å². The third-order valence-corrected chi connectivity index (χ3v) is 2.28. The van der Waals surface area contributed by atoms with Crippen molar-refractivity contribution in [3.63, 3.8) is 0 Å². The molecule has 0 saturated carbocycles. The molecule has 2 rings (SSSR count). The quantitative estimate of drug-likeness (QED) is 0.675. The van der Waals surface area contributed by atoms with E-state index >= 15 is 0 Å². The SMILES string of the molecule is Cc1ccc(C2(CF)COC2)o1. The van der Waals surface area contributed by atoms with Crippen molar-refractivity contribution in [2.75, 3.05) is 19.9 Å². The van der Waals surface area contributed by atoms with Gasteiger partial charge in [0.05, 0.1) is 13.2 Å². The topological polar surface area (TPSA) is 22.4 Å². The van der Waals surface area contributed by atoms with Crippen LogP contribution in [-0.2, 0) is 10.2 Å². The Morgan fingerprint density at radius 1 is 1.50 bits per heavy atom. The summed E-state index contributed by atoms with van der Waals surface area (Å²) in [4.78, 5) is 0. The highest BCUT2D eigenvalue weighted by molar-refractivity contribution is 5.20. The predicted octanol–water partition coefficient (Wildman–Crippen LogP) is 1.83. The van der Waals surface area contributed by atoms with Crippen molar-refractivity contribution in [3.8, 4) is 0 Å². The number of hydrogen-bond donors (Lipinski definition) is 0. The minimum atomic E-state index is -0.478.